The quantitative estimate of drug-likeness (QED) is 0.655. The van der Waals surface area contributed by atoms with Crippen LogP contribution in [0.2, 0.25) is 0 Å². The summed E-state index contributed by atoms with van der Waals surface area (Å²) >= 11 is 0. The second-order valence-corrected chi connectivity index (χ2v) is 6.56. The molecule has 0 fully saturated rings. The number of nitro benzene ring substituents is 1. The van der Waals surface area contributed by atoms with Crippen molar-refractivity contribution in [3.05, 3.63) is 39.9 Å². The average molecular weight is 337 g/mol. The minimum atomic E-state index is -0.878. The molecule has 0 aromatic heterocycles. The average Bonchev–Trinajstić information content (AvgIpc) is 2.43. The van der Waals surface area contributed by atoms with Crippen LogP contribution in [0.3, 0.4) is 0 Å². The molecule has 0 radical (unpaired) electrons. The first kappa shape index (κ1) is 19.4. The Bertz CT molecular complexity index is 622. The Hall–Kier alpha value is -2.64. The molecule has 8 nitrogen and oxygen atoms in total. The molecule has 0 aliphatic carbocycles. The van der Waals surface area contributed by atoms with Crippen molar-refractivity contribution >= 4 is 17.7 Å². The summed E-state index contributed by atoms with van der Waals surface area (Å²) in [4.78, 5) is 35.9. The van der Waals surface area contributed by atoms with Gasteiger partial charge in [0.05, 0.1) is 4.92 Å². The van der Waals surface area contributed by atoms with Gasteiger partial charge >= 0.3 is 6.09 Å². The molecule has 0 saturated heterocycles. The van der Waals surface area contributed by atoms with Crippen LogP contribution in [0.1, 0.15) is 26.3 Å². The molecule has 1 N–H and O–H groups in total. The van der Waals surface area contributed by atoms with Crippen LogP contribution in [0, 0.1) is 10.1 Å². The number of alkyl carbamates (subject to hydrolysis) is 1. The zero-order chi connectivity index (χ0) is 18.5. The van der Waals surface area contributed by atoms with Gasteiger partial charge in [-0.3, -0.25) is 14.9 Å². The van der Waals surface area contributed by atoms with Gasteiger partial charge in [-0.15, -0.1) is 0 Å². The third kappa shape index (κ3) is 6.23. The van der Waals surface area contributed by atoms with Crippen LogP contribution < -0.4 is 5.32 Å². The molecule has 1 rings (SSSR count). The van der Waals surface area contributed by atoms with Crippen molar-refractivity contribution in [2.24, 2.45) is 0 Å². The predicted molar refractivity (Wildman–Crippen MR) is 88.7 cm³/mol. The van der Waals surface area contributed by atoms with Crippen LogP contribution in [0.4, 0.5) is 10.5 Å². The zero-order valence-electron chi connectivity index (χ0n) is 14.5. The molecule has 0 aliphatic heterocycles. The van der Waals surface area contributed by atoms with E-state index < -0.39 is 22.7 Å². The zero-order valence-corrected chi connectivity index (χ0v) is 14.5. The van der Waals surface area contributed by atoms with E-state index >= 15 is 0 Å². The van der Waals surface area contributed by atoms with Crippen molar-refractivity contribution in [3.8, 4) is 0 Å². The second kappa shape index (κ2) is 7.76. The van der Waals surface area contributed by atoms with Crippen molar-refractivity contribution < 1.29 is 19.2 Å². The molecule has 0 aliphatic rings. The normalized spacial score (nSPS) is 12.2. The molecular weight excluding hydrogens is 314 g/mol. The first-order valence-corrected chi connectivity index (χ1v) is 7.43. The highest BCUT2D eigenvalue weighted by Crippen LogP contribution is 2.15. The Morgan fingerprint density at radius 1 is 1.33 bits per heavy atom. The van der Waals surface area contributed by atoms with Gasteiger partial charge in [0.2, 0.25) is 5.91 Å². The summed E-state index contributed by atoms with van der Waals surface area (Å²) in [5, 5.41) is 13.4. The summed E-state index contributed by atoms with van der Waals surface area (Å²) in [7, 11) is 3.14. The number of ether oxygens (including phenoxy) is 1. The van der Waals surface area contributed by atoms with Gasteiger partial charge in [-0.05, 0) is 26.3 Å². The van der Waals surface area contributed by atoms with E-state index in [1.165, 1.54) is 23.1 Å². The fourth-order valence-corrected chi connectivity index (χ4v) is 1.99. The molecular formula is C16H23N3O5. The Kier molecular flexibility index (Phi) is 6.27. The maximum atomic E-state index is 12.3. The van der Waals surface area contributed by atoms with Crippen LogP contribution in [-0.4, -0.2) is 47.6 Å². The number of benzene rings is 1. The Balaban J connectivity index is 2.94. The number of carbonyl (C=O) groups is 2. The van der Waals surface area contributed by atoms with Crippen LogP contribution in [0.5, 0.6) is 0 Å². The highest BCUT2D eigenvalue weighted by atomic mass is 16.6. The van der Waals surface area contributed by atoms with Crippen molar-refractivity contribution in [1.82, 2.24) is 10.2 Å². The number of nitro groups is 1. The van der Waals surface area contributed by atoms with E-state index in [2.05, 4.69) is 5.32 Å². The third-order valence-corrected chi connectivity index (χ3v) is 2.99. The van der Waals surface area contributed by atoms with Gasteiger partial charge < -0.3 is 15.0 Å². The predicted octanol–water partition coefficient (Wildman–Crippen LogP) is 2.12. The molecule has 1 aromatic rings. The number of non-ortho nitro benzene ring substituents is 1. The van der Waals surface area contributed by atoms with E-state index in [-0.39, 0.29) is 18.0 Å². The first-order chi connectivity index (χ1) is 11.0. The van der Waals surface area contributed by atoms with Crippen molar-refractivity contribution in [1.29, 1.82) is 0 Å². The molecule has 0 saturated carbocycles. The molecule has 132 valence electrons. The van der Waals surface area contributed by atoms with Crippen LogP contribution >= 0.6 is 0 Å². The summed E-state index contributed by atoms with van der Waals surface area (Å²) in [6.45, 7) is 5.15. The molecule has 1 aromatic carbocycles. The smallest absolute Gasteiger partial charge is 0.408 e. The highest BCUT2D eigenvalue weighted by Gasteiger charge is 2.26. The van der Waals surface area contributed by atoms with Gasteiger partial charge in [0.1, 0.15) is 11.6 Å². The lowest BCUT2D eigenvalue weighted by Gasteiger charge is -2.25. The Morgan fingerprint density at radius 3 is 2.46 bits per heavy atom. The van der Waals surface area contributed by atoms with Crippen LogP contribution in [0.25, 0.3) is 0 Å². The fourth-order valence-electron chi connectivity index (χ4n) is 1.99. The molecule has 1 atom stereocenters. The van der Waals surface area contributed by atoms with Crippen molar-refractivity contribution in [2.45, 2.75) is 38.8 Å². The monoisotopic (exact) mass is 337 g/mol. The number of carbonyl (C=O) groups excluding carboxylic acids is 2. The van der Waals surface area contributed by atoms with E-state index in [1.54, 1.807) is 40.9 Å². The van der Waals surface area contributed by atoms with Crippen molar-refractivity contribution in [3.63, 3.8) is 0 Å². The van der Waals surface area contributed by atoms with E-state index in [1.807, 2.05) is 0 Å². The van der Waals surface area contributed by atoms with E-state index in [4.69, 9.17) is 4.74 Å². The topological polar surface area (TPSA) is 102 Å². The minimum Gasteiger partial charge on any atom is -0.444 e. The molecule has 2 amide bonds. The lowest BCUT2D eigenvalue weighted by molar-refractivity contribution is -0.384. The minimum absolute atomic E-state index is 0.0687. The third-order valence-electron chi connectivity index (χ3n) is 2.99. The number of rotatable bonds is 5. The Morgan fingerprint density at radius 2 is 1.96 bits per heavy atom. The highest BCUT2D eigenvalue weighted by molar-refractivity contribution is 5.85. The van der Waals surface area contributed by atoms with Gasteiger partial charge in [0, 0.05) is 32.6 Å². The summed E-state index contributed by atoms with van der Waals surface area (Å²) in [6.07, 6.45) is -0.592. The van der Waals surface area contributed by atoms with E-state index in [0.29, 0.717) is 5.56 Å². The number of likely N-dealkylation sites (N-methyl/N-ethyl adjacent to an activating group) is 1. The van der Waals surface area contributed by atoms with Gasteiger partial charge in [-0.25, -0.2) is 4.79 Å². The number of hydrogen-bond donors (Lipinski definition) is 1. The molecule has 0 spiro atoms. The molecule has 0 unspecified atom stereocenters. The summed E-state index contributed by atoms with van der Waals surface area (Å²) in [5.41, 5.74) is -0.192. The largest absolute Gasteiger partial charge is 0.444 e. The number of nitrogens with zero attached hydrogens (tertiary/aromatic N) is 2. The maximum absolute atomic E-state index is 12.3. The summed E-state index contributed by atoms with van der Waals surface area (Å²) in [6, 6.07) is 5.08. The molecule has 0 bridgehead atoms. The first-order valence-electron chi connectivity index (χ1n) is 7.43. The van der Waals surface area contributed by atoms with Gasteiger partial charge in [-0.1, -0.05) is 12.1 Å². The number of nitrogens with one attached hydrogen (secondary N) is 1. The van der Waals surface area contributed by atoms with E-state index in [9.17, 15) is 19.7 Å². The second-order valence-electron chi connectivity index (χ2n) is 6.56. The number of amides is 2. The van der Waals surface area contributed by atoms with Gasteiger partial charge in [0.25, 0.3) is 5.69 Å². The van der Waals surface area contributed by atoms with Crippen LogP contribution in [0.15, 0.2) is 24.3 Å². The lowest BCUT2D eigenvalue weighted by atomic mass is 10.0. The van der Waals surface area contributed by atoms with Gasteiger partial charge in [0.15, 0.2) is 0 Å². The maximum Gasteiger partial charge on any atom is 0.408 e. The Labute approximate surface area is 140 Å². The SMILES string of the molecule is CN(C)C(=O)[C@H](Cc1cccc([N+](=O)[O-])c1)NC(=O)OC(C)(C)C. The fraction of sp³-hybridized carbons (Fsp3) is 0.500. The lowest BCUT2D eigenvalue weighted by Crippen LogP contribution is -2.48. The standard InChI is InChI=1S/C16H23N3O5/c1-16(2,3)24-15(21)17-13(14(20)18(4)5)10-11-7-6-8-12(9-11)19(22)23/h6-9,13H,10H2,1-5H3,(H,17,21)/t13-/m0/s1. The van der Waals surface area contributed by atoms with Gasteiger partial charge in [-0.2, -0.15) is 0 Å². The van der Waals surface area contributed by atoms with Crippen LogP contribution in [-0.2, 0) is 16.0 Å². The molecule has 0 heterocycles. The van der Waals surface area contributed by atoms with E-state index in [0.717, 1.165) is 0 Å². The number of hydrogen-bond acceptors (Lipinski definition) is 5. The summed E-state index contributed by atoms with van der Waals surface area (Å²) < 4.78 is 5.17. The summed E-state index contributed by atoms with van der Waals surface area (Å²) in [5.74, 6) is -0.327. The van der Waals surface area contributed by atoms with Crippen molar-refractivity contribution in [2.75, 3.05) is 14.1 Å². The molecule has 24 heavy (non-hydrogen) atoms. The molecule has 8 heteroatoms.